The van der Waals surface area contributed by atoms with Crippen molar-refractivity contribution in [1.29, 1.82) is 0 Å². The van der Waals surface area contributed by atoms with Gasteiger partial charge in [0.05, 0.1) is 42.2 Å². The summed E-state index contributed by atoms with van der Waals surface area (Å²) in [5.74, 6) is -0.569. The van der Waals surface area contributed by atoms with Crippen molar-refractivity contribution < 1.29 is 38.1 Å². The number of ether oxygens (including phenoxy) is 5. The van der Waals surface area contributed by atoms with Gasteiger partial charge in [0.2, 0.25) is 0 Å². The van der Waals surface area contributed by atoms with Gasteiger partial charge in [0, 0.05) is 6.92 Å². The van der Waals surface area contributed by atoms with Crippen LogP contribution < -0.4 is 29.1 Å². The fourth-order valence-corrected chi connectivity index (χ4v) is 5.38. The first-order valence-corrected chi connectivity index (χ1v) is 13.9. The van der Waals surface area contributed by atoms with Gasteiger partial charge in [0.25, 0.3) is 5.56 Å². The lowest BCUT2D eigenvalue weighted by Gasteiger charge is -2.25. The molecule has 0 radical (unpaired) electrons. The van der Waals surface area contributed by atoms with Crippen LogP contribution in [-0.4, -0.2) is 49.4 Å². The molecule has 3 aromatic rings. The molecule has 0 spiro atoms. The number of carbonyl (C=O) groups is 3. The average molecular weight is 595 g/mol. The van der Waals surface area contributed by atoms with Gasteiger partial charge in [-0.3, -0.25) is 14.2 Å². The number of thiazole rings is 1. The number of esters is 3. The molecule has 2 aromatic carbocycles. The molecule has 0 N–H and O–H groups in total. The van der Waals surface area contributed by atoms with E-state index < -0.39 is 23.9 Å². The van der Waals surface area contributed by atoms with Crippen LogP contribution in [0.4, 0.5) is 0 Å². The summed E-state index contributed by atoms with van der Waals surface area (Å²) in [5.41, 5.74) is 1.54. The minimum atomic E-state index is -0.873. The molecule has 0 saturated heterocycles. The van der Waals surface area contributed by atoms with E-state index in [1.807, 2.05) is 0 Å². The van der Waals surface area contributed by atoms with Gasteiger partial charge in [-0.2, -0.15) is 0 Å². The molecule has 220 valence electrons. The number of methoxy groups -OCH3 is 1. The number of hydrogen-bond donors (Lipinski definition) is 0. The maximum absolute atomic E-state index is 13.9. The molecular formula is C30H30N2O9S. The van der Waals surface area contributed by atoms with Gasteiger partial charge >= 0.3 is 17.9 Å². The Morgan fingerprint density at radius 1 is 1.02 bits per heavy atom. The molecule has 0 amide bonds. The minimum Gasteiger partial charge on any atom is -0.490 e. The molecule has 11 nitrogen and oxygen atoms in total. The van der Waals surface area contributed by atoms with Crippen LogP contribution in [0.15, 0.2) is 63.5 Å². The topological polar surface area (TPSA) is 132 Å². The van der Waals surface area contributed by atoms with Crippen LogP contribution >= 0.6 is 11.3 Å². The zero-order chi connectivity index (χ0) is 30.4. The van der Waals surface area contributed by atoms with E-state index in [2.05, 4.69) is 9.73 Å². The minimum absolute atomic E-state index is 0.139. The van der Waals surface area contributed by atoms with Gasteiger partial charge in [-0.05, 0) is 62.2 Å². The van der Waals surface area contributed by atoms with Gasteiger partial charge in [0.1, 0.15) is 5.75 Å². The Balaban J connectivity index is 1.85. The molecule has 0 unspecified atom stereocenters. The molecule has 1 atom stereocenters. The highest BCUT2D eigenvalue weighted by atomic mass is 32.1. The Morgan fingerprint density at radius 2 is 1.76 bits per heavy atom. The second kappa shape index (κ2) is 13.3. The first-order valence-electron chi connectivity index (χ1n) is 13.1. The summed E-state index contributed by atoms with van der Waals surface area (Å²) in [4.78, 5) is 54.9. The summed E-state index contributed by atoms with van der Waals surface area (Å²) in [6.07, 6.45) is 1.71. The summed E-state index contributed by atoms with van der Waals surface area (Å²) in [7, 11) is 1.26. The SMILES string of the molecule is CCOC(=O)C1=C(C)N=c2s/c(=C/c3ccc(OC(C)=O)cc3)c(=O)n2[C@@H]1c1ccc(OCC(=O)OC)c(OCC)c1. The van der Waals surface area contributed by atoms with E-state index in [1.165, 1.54) is 29.9 Å². The molecule has 0 saturated carbocycles. The average Bonchev–Trinajstić information content (AvgIpc) is 3.26. The standard InChI is InChI=1S/C30H30N2O9S/c1-6-38-23-15-20(10-13-22(23)40-16-25(34)37-5)27-26(29(36)39-7-2)17(3)31-30-32(27)28(35)24(42-30)14-19-8-11-21(12-9-19)41-18(4)33/h8-15,27H,6-7,16H2,1-5H3/b24-14+/t27-/m1/s1. The largest absolute Gasteiger partial charge is 0.490 e. The third-order valence-corrected chi connectivity index (χ3v) is 7.10. The van der Waals surface area contributed by atoms with Crippen molar-refractivity contribution in [3.63, 3.8) is 0 Å². The van der Waals surface area contributed by atoms with Gasteiger partial charge < -0.3 is 23.7 Å². The van der Waals surface area contributed by atoms with E-state index in [-0.39, 0.29) is 24.3 Å². The van der Waals surface area contributed by atoms with Gasteiger partial charge in [-0.15, -0.1) is 0 Å². The number of hydrogen-bond acceptors (Lipinski definition) is 11. The summed E-state index contributed by atoms with van der Waals surface area (Å²) < 4.78 is 28.3. The molecule has 4 rings (SSSR count). The van der Waals surface area contributed by atoms with E-state index in [4.69, 9.17) is 18.9 Å². The second-order valence-corrected chi connectivity index (χ2v) is 9.98. The van der Waals surface area contributed by atoms with Gasteiger partial charge in [-0.1, -0.05) is 29.5 Å². The zero-order valence-corrected chi connectivity index (χ0v) is 24.6. The molecule has 0 bridgehead atoms. The first kappa shape index (κ1) is 30.3. The second-order valence-electron chi connectivity index (χ2n) is 8.97. The van der Waals surface area contributed by atoms with Crippen LogP contribution in [0.5, 0.6) is 17.2 Å². The Bertz CT molecular complexity index is 1720. The highest BCUT2D eigenvalue weighted by Gasteiger charge is 2.34. The lowest BCUT2D eigenvalue weighted by Crippen LogP contribution is -2.40. The summed E-state index contributed by atoms with van der Waals surface area (Å²) in [6, 6.07) is 10.8. The van der Waals surface area contributed by atoms with E-state index in [0.29, 0.717) is 50.0 Å². The zero-order valence-electron chi connectivity index (χ0n) is 23.8. The predicted octanol–water partition coefficient (Wildman–Crippen LogP) is 2.67. The Morgan fingerprint density at radius 3 is 2.40 bits per heavy atom. The van der Waals surface area contributed by atoms with Crippen LogP contribution in [-0.2, 0) is 23.9 Å². The summed E-state index contributed by atoms with van der Waals surface area (Å²) in [5, 5.41) is 0. The van der Waals surface area contributed by atoms with Crippen molar-refractivity contribution in [2.45, 2.75) is 33.7 Å². The molecule has 1 aliphatic heterocycles. The van der Waals surface area contributed by atoms with Gasteiger partial charge in [-0.25, -0.2) is 14.6 Å². The van der Waals surface area contributed by atoms with Crippen molar-refractivity contribution in [2.24, 2.45) is 4.99 Å². The number of allylic oxidation sites excluding steroid dienone is 1. The summed E-state index contributed by atoms with van der Waals surface area (Å²) in [6.45, 7) is 6.63. The lowest BCUT2D eigenvalue weighted by atomic mass is 9.95. The first-order chi connectivity index (χ1) is 20.2. The van der Waals surface area contributed by atoms with Crippen LogP contribution in [0.1, 0.15) is 44.9 Å². The van der Waals surface area contributed by atoms with Crippen LogP contribution in [0, 0.1) is 0 Å². The number of aromatic nitrogens is 1. The number of fused-ring (bicyclic) bond motifs is 1. The highest BCUT2D eigenvalue weighted by Crippen LogP contribution is 2.36. The molecule has 42 heavy (non-hydrogen) atoms. The van der Waals surface area contributed by atoms with Crippen molar-refractivity contribution in [3.05, 3.63) is 84.5 Å². The van der Waals surface area contributed by atoms with E-state index in [0.717, 1.165) is 0 Å². The van der Waals surface area contributed by atoms with E-state index >= 15 is 0 Å². The van der Waals surface area contributed by atoms with E-state index in [1.54, 1.807) is 69.3 Å². The Hall–Kier alpha value is -4.71. The van der Waals surface area contributed by atoms with E-state index in [9.17, 15) is 19.2 Å². The number of benzene rings is 2. The maximum atomic E-state index is 13.9. The maximum Gasteiger partial charge on any atom is 0.343 e. The molecule has 2 heterocycles. The molecule has 0 fully saturated rings. The quantitative estimate of drug-likeness (QED) is 0.257. The molecular weight excluding hydrogens is 564 g/mol. The monoisotopic (exact) mass is 594 g/mol. The van der Waals surface area contributed by atoms with Crippen LogP contribution in [0.25, 0.3) is 6.08 Å². The Kier molecular flexibility index (Phi) is 9.58. The molecule has 0 aliphatic carbocycles. The third kappa shape index (κ3) is 6.60. The Labute approximate surface area is 245 Å². The smallest absolute Gasteiger partial charge is 0.343 e. The number of rotatable bonds is 10. The molecule has 1 aliphatic rings. The number of nitrogens with zero attached hydrogens (tertiary/aromatic N) is 2. The normalized spacial score (nSPS) is 14.5. The fourth-order valence-electron chi connectivity index (χ4n) is 4.33. The third-order valence-electron chi connectivity index (χ3n) is 6.11. The molecule has 12 heteroatoms. The highest BCUT2D eigenvalue weighted by molar-refractivity contribution is 7.07. The van der Waals surface area contributed by atoms with Crippen LogP contribution in [0.3, 0.4) is 0 Å². The number of carbonyl (C=O) groups excluding carboxylic acids is 3. The molecule has 1 aromatic heterocycles. The summed E-state index contributed by atoms with van der Waals surface area (Å²) >= 11 is 1.18. The van der Waals surface area contributed by atoms with Gasteiger partial charge in [0.15, 0.2) is 22.9 Å². The van der Waals surface area contributed by atoms with Crippen molar-refractivity contribution >= 4 is 35.3 Å². The fraction of sp³-hybridized carbons (Fsp3) is 0.300. The lowest BCUT2D eigenvalue weighted by molar-refractivity contribution is -0.143. The van der Waals surface area contributed by atoms with Crippen molar-refractivity contribution in [3.8, 4) is 17.2 Å². The van der Waals surface area contributed by atoms with Crippen molar-refractivity contribution in [1.82, 2.24) is 4.57 Å². The predicted molar refractivity (Wildman–Crippen MR) is 153 cm³/mol. The van der Waals surface area contributed by atoms with Crippen molar-refractivity contribution in [2.75, 3.05) is 26.9 Å². The van der Waals surface area contributed by atoms with Crippen LogP contribution in [0.2, 0.25) is 0 Å².